The van der Waals surface area contributed by atoms with E-state index in [1.807, 2.05) is 19.9 Å². The van der Waals surface area contributed by atoms with Gasteiger partial charge in [0.25, 0.3) is 17.4 Å². The molecule has 2 aromatic heterocycles. The molecule has 0 saturated carbocycles. The molecule has 1 saturated heterocycles. The lowest BCUT2D eigenvalue weighted by Gasteiger charge is -2.25. The molecule has 2 aromatic rings. The van der Waals surface area contributed by atoms with Crippen LogP contribution in [0.25, 0.3) is 11.5 Å². The third-order valence-electron chi connectivity index (χ3n) is 3.57. The Morgan fingerprint density at radius 1 is 1.33 bits per heavy atom. The molecule has 0 amide bonds. The molecule has 3 rings (SSSR count). The number of pyridine rings is 1. The third kappa shape index (κ3) is 2.82. The van der Waals surface area contributed by atoms with Crippen LogP contribution >= 0.6 is 0 Å². The Labute approximate surface area is 122 Å². The first-order valence-corrected chi connectivity index (χ1v) is 7.17. The average molecular weight is 289 g/mol. The second-order valence-corrected chi connectivity index (χ2v) is 5.39. The van der Waals surface area contributed by atoms with Gasteiger partial charge in [-0.3, -0.25) is 4.79 Å². The van der Waals surface area contributed by atoms with Crippen LogP contribution in [0.4, 0.5) is 5.95 Å². The maximum absolute atomic E-state index is 12.0. The molecule has 0 atom stereocenters. The molecule has 0 spiro atoms. The quantitative estimate of drug-likeness (QED) is 0.904. The number of nitrogens with zero attached hydrogens (tertiary/aromatic N) is 4. The van der Waals surface area contributed by atoms with E-state index in [0.29, 0.717) is 17.4 Å². The third-order valence-corrected chi connectivity index (χ3v) is 3.57. The minimum Gasteiger partial charge on any atom is -0.336 e. The molecule has 3 heterocycles. The molecule has 0 aliphatic carbocycles. The number of aromatic nitrogens is 3. The fourth-order valence-corrected chi connectivity index (χ4v) is 2.38. The van der Waals surface area contributed by atoms with Gasteiger partial charge in [0.2, 0.25) is 0 Å². The molecule has 0 bridgehead atoms. The number of rotatable bonds is 3. The van der Waals surface area contributed by atoms with Gasteiger partial charge in [-0.05, 0) is 25.1 Å². The van der Waals surface area contributed by atoms with Crippen molar-refractivity contribution in [3.8, 4) is 11.5 Å². The summed E-state index contributed by atoms with van der Waals surface area (Å²) in [6, 6.07) is 3.50. The van der Waals surface area contributed by atoms with Gasteiger partial charge in [0.05, 0.1) is 0 Å². The lowest BCUT2D eigenvalue weighted by molar-refractivity contribution is 0.426. The standard InChI is InChI=1S/C14H19N5O2/c1-10(2)19-6-3-11(9-12(19)20)13-16-14(17-21-13)18-7-4-15-5-8-18/h3,6,9-10,15H,4-5,7-8H2,1-2H3. The van der Waals surface area contributed by atoms with E-state index in [1.165, 1.54) is 6.07 Å². The van der Waals surface area contributed by atoms with Gasteiger partial charge in [0, 0.05) is 50.0 Å². The van der Waals surface area contributed by atoms with Crippen molar-refractivity contribution in [3.63, 3.8) is 0 Å². The van der Waals surface area contributed by atoms with Gasteiger partial charge in [-0.1, -0.05) is 0 Å². The van der Waals surface area contributed by atoms with Crippen molar-refractivity contribution in [2.24, 2.45) is 0 Å². The van der Waals surface area contributed by atoms with Crippen LogP contribution in [-0.2, 0) is 0 Å². The highest BCUT2D eigenvalue weighted by molar-refractivity contribution is 5.53. The Bertz CT molecular complexity index is 670. The highest BCUT2D eigenvalue weighted by atomic mass is 16.5. The number of hydrogen-bond donors (Lipinski definition) is 1. The van der Waals surface area contributed by atoms with E-state index in [1.54, 1.807) is 10.8 Å². The maximum Gasteiger partial charge on any atom is 0.266 e. The normalized spacial score (nSPS) is 15.7. The fraction of sp³-hybridized carbons (Fsp3) is 0.500. The second kappa shape index (κ2) is 5.69. The van der Waals surface area contributed by atoms with Crippen LogP contribution in [-0.4, -0.2) is 40.9 Å². The van der Waals surface area contributed by atoms with E-state index < -0.39 is 0 Å². The molecular weight excluding hydrogens is 270 g/mol. The van der Waals surface area contributed by atoms with Gasteiger partial charge >= 0.3 is 0 Å². The first kappa shape index (κ1) is 13.8. The van der Waals surface area contributed by atoms with Gasteiger partial charge < -0.3 is 19.3 Å². The first-order valence-electron chi connectivity index (χ1n) is 7.17. The zero-order valence-electron chi connectivity index (χ0n) is 12.2. The zero-order valence-corrected chi connectivity index (χ0v) is 12.2. The molecule has 0 radical (unpaired) electrons. The van der Waals surface area contributed by atoms with Gasteiger partial charge in [0.1, 0.15) is 0 Å². The summed E-state index contributed by atoms with van der Waals surface area (Å²) < 4.78 is 6.95. The smallest absolute Gasteiger partial charge is 0.266 e. The van der Waals surface area contributed by atoms with Crippen LogP contribution in [0.15, 0.2) is 27.6 Å². The molecule has 1 N–H and O–H groups in total. The lowest BCUT2D eigenvalue weighted by Crippen LogP contribution is -2.44. The van der Waals surface area contributed by atoms with Crippen molar-refractivity contribution in [1.82, 2.24) is 20.0 Å². The van der Waals surface area contributed by atoms with E-state index in [-0.39, 0.29) is 11.6 Å². The van der Waals surface area contributed by atoms with Gasteiger partial charge in [-0.2, -0.15) is 4.98 Å². The van der Waals surface area contributed by atoms with E-state index in [0.717, 1.165) is 26.2 Å². The van der Waals surface area contributed by atoms with Crippen molar-refractivity contribution in [1.29, 1.82) is 0 Å². The lowest BCUT2D eigenvalue weighted by atomic mass is 10.2. The number of hydrogen-bond acceptors (Lipinski definition) is 6. The Morgan fingerprint density at radius 3 is 2.76 bits per heavy atom. The average Bonchev–Trinajstić information content (AvgIpc) is 2.97. The maximum atomic E-state index is 12.0. The van der Waals surface area contributed by atoms with E-state index in [4.69, 9.17) is 4.52 Å². The van der Waals surface area contributed by atoms with Crippen LogP contribution < -0.4 is 15.8 Å². The predicted octanol–water partition coefficient (Wildman–Crippen LogP) is 0.889. The topological polar surface area (TPSA) is 76.2 Å². The predicted molar refractivity (Wildman–Crippen MR) is 79.5 cm³/mol. The molecule has 7 nitrogen and oxygen atoms in total. The van der Waals surface area contributed by atoms with Crippen LogP contribution in [0.2, 0.25) is 0 Å². The monoisotopic (exact) mass is 289 g/mol. The van der Waals surface area contributed by atoms with E-state index in [2.05, 4.69) is 20.4 Å². The molecule has 112 valence electrons. The summed E-state index contributed by atoms with van der Waals surface area (Å²) in [6.45, 7) is 7.47. The van der Waals surface area contributed by atoms with Crippen LogP contribution in [0.3, 0.4) is 0 Å². The SMILES string of the molecule is CC(C)n1ccc(-c2nc(N3CCNCC3)no2)cc1=O. The molecule has 7 heteroatoms. The summed E-state index contributed by atoms with van der Waals surface area (Å²) in [5, 5.41) is 7.28. The second-order valence-electron chi connectivity index (χ2n) is 5.39. The summed E-state index contributed by atoms with van der Waals surface area (Å²) in [5.41, 5.74) is 0.593. The largest absolute Gasteiger partial charge is 0.336 e. The van der Waals surface area contributed by atoms with E-state index >= 15 is 0 Å². The summed E-state index contributed by atoms with van der Waals surface area (Å²) in [4.78, 5) is 18.5. The van der Waals surface area contributed by atoms with Crippen LogP contribution in [0, 0.1) is 0 Å². The summed E-state index contributed by atoms with van der Waals surface area (Å²) >= 11 is 0. The molecule has 1 aliphatic heterocycles. The minimum atomic E-state index is -0.0653. The Kier molecular flexibility index (Phi) is 3.74. The zero-order chi connectivity index (χ0) is 14.8. The van der Waals surface area contributed by atoms with Gasteiger partial charge in [-0.15, -0.1) is 0 Å². The molecule has 0 aromatic carbocycles. The number of anilines is 1. The van der Waals surface area contributed by atoms with Crippen molar-refractivity contribution < 1.29 is 4.52 Å². The van der Waals surface area contributed by atoms with Crippen molar-refractivity contribution >= 4 is 5.95 Å². The highest BCUT2D eigenvalue weighted by Gasteiger charge is 2.17. The Hall–Kier alpha value is -2.15. The first-order chi connectivity index (χ1) is 10.1. The van der Waals surface area contributed by atoms with Crippen LogP contribution in [0.5, 0.6) is 0 Å². The van der Waals surface area contributed by atoms with Crippen molar-refractivity contribution in [3.05, 3.63) is 28.7 Å². The minimum absolute atomic E-state index is 0.0653. The van der Waals surface area contributed by atoms with Gasteiger partial charge in [-0.25, -0.2) is 0 Å². The van der Waals surface area contributed by atoms with Crippen LogP contribution in [0.1, 0.15) is 19.9 Å². The van der Waals surface area contributed by atoms with Crippen molar-refractivity contribution in [2.45, 2.75) is 19.9 Å². The molecule has 1 aliphatic rings. The van der Waals surface area contributed by atoms with Crippen molar-refractivity contribution in [2.75, 3.05) is 31.1 Å². The Balaban J connectivity index is 1.86. The summed E-state index contributed by atoms with van der Waals surface area (Å²) in [5.74, 6) is 0.969. The summed E-state index contributed by atoms with van der Waals surface area (Å²) in [6.07, 6.45) is 1.76. The molecular formula is C14H19N5O2. The molecule has 0 unspecified atom stereocenters. The molecule has 21 heavy (non-hydrogen) atoms. The number of piperazine rings is 1. The van der Waals surface area contributed by atoms with Gasteiger partial charge in [0.15, 0.2) is 0 Å². The Morgan fingerprint density at radius 2 is 2.10 bits per heavy atom. The highest BCUT2D eigenvalue weighted by Crippen LogP contribution is 2.19. The van der Waals surface area contributed by atoms with E-state index in [9.17, 15) is 4.79 Å². The summed E-state index contributed by atoms with van der Waals surface area (Å²) in [7, 11) is 0. The fourth-order valence-electron chi connectivity index (χ4n) is 2.38. The molecule has 1 fully saturated rings. The number of nitrogens with one attached hydrogen (secondary N) is 1.